The number of rotatable bonds is 4. The molecule has 1 aliphatic heterocycles. The van der Waals surface area contributed by atoms with Crippen molar-refractivity contribution in [3.05, 3.63) is 33.8 Å². The van der Waals surface area contributed by atoms with Gasteiger partial charge in [-0.05, 0) is 17.7 Å². The highest BCUT2D eigenvalue weighted by Gasteiger charge is 2.26. The summed E-state index contributed by atoms with van der Waals surface area (Å²) in [5, 5.41) is 1.11. The Morgan fingerprint density at radius 1 is 1.48 bits per heavy atom. The van der Waals surface area contributed by atoms with Crippen LogP contribution in [0.2, 0.25) is 10.0 Å². The van der Waals surface area contributed by atoms with E-state index in [0.717, 1.165) is 18.7 Å². The standard InChI is InChI=1S/C14H18Cl2N2O2S/c1-17(13(19)9-21)14-8-18(4-5-20-14)7-10-2-3-11(15)12(16)6-10/h2-3,6,14,21H,4-5,7-9H2,1H3/t14-/m0/s1. The molecule has 1 atom stereocenters. The highest BCUT2D eigenvalue weighted by atomic mass is 35.5. The quantitative estimate of drug-likeness (QED) is 0.848. The van der Waals surface area contributed by atoms with Gasteiger partial charge in [-0.3, -0.25) is 9.69 Å². The average molecular weight is 349 g/mol. The first kappa shape index (κ1) is 16.9. The van der Waals surface area contributed by atoms with Crippen molar-refractivity contribution in [3.63, 3.8) is 0 Å². The fourth-order valence-corrected chi connectivity index (χ4v) is 2.77. The molecule has 1 amide bonds. The Kier molecular flexibility index (Phi) is 6.20. The topological polar surface area (TPSA) is 32.8 Å². The summed E-state index contributed by atoms with van der Waals surface area (Å²) in [4.78, 5) is 15.5. The van der Waals surface area contributed by atoms with Crippen molar-refractivity contribution in [1.29, 1.82) is 0 Å². The average Bonchev–Trinajstić information content (AvgIpc) is 2.49. The molecule has 0 unspecified atom stereocenters. The summed E-state index contributed by atoms with van der Waals surface area (Å²) in [7, 11) is 1.74. The molecule has 0 aromatic heterocycles. The van der Waals surface area contributed by atoms with E-state index in [1.807, 2.05) is 12.1 Å². The van der Waals surface area contributed by atoms with E-state index in [1.54, 1.807) is 18.0 Å². The number of amides is 1. The van der Waals surface area contributed by atoms with E-state index in [1.165, 1.54) is 0 Å². The minimum atomic E-state index is -0.235. The van der Waals surface area contributed by atoms with E-state index in [-0.39, 0.29) is 17.9 Å². The number of likely N-dealkylation sites (N-methyl/N-ethyl adjacent to an activating group) is 1. The van der Waals surface area contributed by atoms with Gasteiger partial charge in [0, 0.05) is 26.7 Å². The molecule has 116 valence electrons. The van der Waals surface area contributed by atoms with Gasteiger partial charge >= 0.3 is 0 Å². The molecule has 1 aromatic rings. The molecule has 7 heteroatoms. The predicted molar refractivity (Wildman–Crippen MR) is 88.1 cm³/mol. The predicted octanol–water partition coefficient (Wildman–Crippen LogP) is 2.54. The Morgan fingerprint density at radius 2 is 2.24 bits per heavy atom. The zero-order valence-electron chi connectivity index (χ0n) is 11.8. The number of carbonyl (C=O) groups excluding carboxylic acids is 1. The minimum Gasteiger partial charge on any atom is -0.356 e. The van der Waals surface area contributed by atoms with Gasteiger partial charge in [-0.2, -0.15) is 12.6 Å². The van der Waals surface area contributed by atoms with Crippen LogP contribution in [0.1, 0.15) is 5.56 Å². The maximum Gasteiger partial charge on any atom is 0.234 e. The Hall–Kier alpha value is -0.460. The van der Waals surface area contributed by atoms with Crippen LogP contribution >= 0.6 is 35.8 Å². The van der Waals surface area contributed by atoms with Gasteiger partial charge < -0.3 is 9.64 Å². The summed E-state index contributed by atoms with van der Waals surface area (Å²) in [6.45, 7) is 2.83. The van der Waals surface area contributed by atoms with Crippen molar-refractivity contribution < 1.29 is 9.53 Å². The van der Waals surface area contributed by atoms with Crippen LogP contribution in [-0.4, -0.2) is 54.4 Å². The van der Waals surface area contributed by atoms with Crippen molar-refractivity contribution in [2.75, 3.05) is 32.5 Å². The fourth-order valence-electron chi connectivity index (χ4n) is 2.23. The third-order valence-electron chi connectivity index (χ3n) is 3.48. The van der Waals surface area contributed by atoms with Gasteiger partial charge in [0.1, 0.15) is 6.23 Å². The Balaban J connectivity index is 1.97. The monoisotopic (exact) mass is 348 g/mol. The molecule has 1 heterocycles. The van der Waals surface area contributed by atoms with E-state index in [9.17, 15) is 4.79 Å². The lowest BCUT2D eigenvalue weighted by Gasteiger charge is -2.37. The number of thiol groups is 1. The Labute approximate surface area is 140 Å². The fraction of sp³-hybridized carbons (Fsp3) is 0.500. The SMILES string of the molecule is CN(C(=O)CS)[C@@H]1CN(Cc2ccc(Cl)c(Cl)c2)CCO1. The molecule has 0 saturated carbocycles. The molecule has 0 spiro atoms. The molecule has 1 aliphatic rings. The van der Waals surface area contributed by atoms with Crippen LogP contribution in [0.5, 0.6) is 0 Å². The number of ether oxygens (including phenoxy) is 1. The zero-order chi connectivity index (χ0) is 15.4. The second-order valence-electron chi connectivity index (χ2n) is 4.97. The summed E-state index contributed by atoms with van der Waals surface area (Å²) in [6, 6.07) is 5.63. The van der Waals surface area contributed by atoms with E-state index < -0.39 is 0 Å². The van der Waals surface area contributed by atoms with Crippen molar-refractivity contribution in [3.8, 4) is 0 Å². The zero-order valence-corrected chi connectivity index (χ0v) is 14.2. The summed E-state index contributed by atoms with van der Waals surface area (Å²) in [6.07, 6.45) is -0.235. The first-order valence-corrected chi connectivity index (χ1v) is 8.04. The normalized spacial score (nSPS) is 19.5. The molecule has 1 saturated heterocycles. The molecule has 1 aromatic carbocycles. The Morgan fingerprint density at radius 3 is 2.90 bits per heavy atom. The van der Waals surface area contributed by atoms with Crippen LogP contribution in [-0.2, 0) is 16.1 Å². The number of nitrogens with zero attached hydrogens (tertiary/aromatic N) is 2. The van der Waals surface area contributed by atoms with Crippen molar-refractivity contribution >= 4 is 41.7 Å². The van der Waals surface area contributed by atoms with Crippen molar-refractivity contribution in [1.82, 2.24) is 9.80 Å². The van der Waals surface area contributed by atoms with Crippen LogP contribution < -0.4 is 0 Å². The van der Waals surface area contributed by atoms with E-state index >= 15 is 0 Å². The molecule has 1 fully saturated rings. The van der Waals surface area contributed by atoms with Crippen LogP contribution in [0.15, 0.2) is 18.2 Å². The summed E-state index contributed by atoms with van der Waals surface area (Å²) in [5.41, 5.74) is 1.09. The molecule has 0 radical (unpaired) electrons. The lowest BCUT2D eigenvalue weighted by molar-refractivity contribution is -0.149. The van der Waals surface area contributed by atoms with Gasteiger partial charge in [-0.15, -0.1) is 0 Å². The van der Waals surface area contributed by atoms with Gasteiger partial charge in [0.2, 0.25) is 5.91 Å². The lowest BCUT2D eigenvalue weighted by Crippen LogP contribution is -2.51. The molecular formula is C14H18Cl2N2O2S. The van der Waals surface area contributed by atoms with E-state index in [2.05, 4.69) is 17.5 Å². The van der Waals surface area contributed by atoms with Gasteiger partial charge in [-0.1, -0.05) is 29.3 Å². The van der Waals surface area contributed by atoms with Crippen molar-refractivity contribution in [2.24, 2.45) is 0 Å². The summed E-state index contributed by atoms with van der Waals surface area (Å²) in [5.74, 6) is 0.142. The summed E-state index contributed by atoms with van der Waals surface area (Å²) < 4.78 is 5.66. The molecule has 0 aliphatic carbocycles. The highest BCUT2D eigenvalue weighted by Crippen LogP contribution is 2.23. The first-order chi connectivity index (χ1) is 10.0. The molecule has 2 rings (SSSR count). The summed E-state index contributed by atoms with van der Waals surface area (Å²) >= 11 is 16.0. The van der Waals surface area contributed by atoms with Gasteiger partial charge in [0.25, 0.3) is 0 Å². The lowest BCUT2D eigenvalue weighted by atomic mass is 10.2. The third kappa shape index (κ3) is 4.50. The molecule has 4 nitrogen and oxygen atoms in total. The highest BCUT2D eigenvalue weighted by molar-refractivity contribution is 7.81. The number of carbonyl (C=O) groups is 1. The first-order valence-electron chi connectivity index (χ1n) is 6.65. The van der Waals surface area contributed by atoms with E-state index in [4.69, 9.17) is 27.9 Å². The van der Waals surface area contributed by atoms with Gasteiger partial charge in [0.15, 0.2) is 0 Å². The molecule has 0 bridgehead atoms. The van der Waals surface area contributed by atoms with Crippen LogP contribution in [0.3, 0.4) is 0 Å². The molecule has 0 N–H and O–H groups in total. The Bertz CT molecular complexity index is 516. The van der Waals surface area contributed by atoms with E-state index in [0.29, 0.717) is 23.2 Å². The number of morpholine rings is 1. The number of hydrogen-bond acceptors (Lipinski definition) is 4. The van der Waals surface area contributed by atoms with Crippen molar-refractivity contribution in [2.45, 2.75) is 12.8 Å². The second kappa shape index (κ2) is 7.70. The molecular weight excluding hydrogens is 331 g/mol. The number of halogens is 2. The maximum atomic E-state index is 11.7. The number of benzene rings is 1. The maximum absolute atomic E-state index is 11.7. The smallest absolute Gasteiger partial charge is 0.234 e. The van der Waals surface area contributed by atoms with Gasteiger partial charge in [0.05, 0.1) is 22.4 Å². The van der Waals surface area contributed by atoms with Crippen LogP contribution in [0, 0.1) is 0 Å². The van der Waals surface area contributed by atoms with Crippen LogP contribution in [0.25, 0.3) is 0 Å². The molecule has 21 heavy (non-hydrogen) atoms. The minimum absolute atomic E-state index is 0.0419. The van der Waals surface area contributed by atoms with Gasteiger partial charge in [-0.25, -0.2) is 0 Å². The largest absolute Gasteiger partial charge is 0.356 e. The van der Waals surface area contributed by atoms with Crippen LogP contribution in [0.4, 0.5) is 0 Å². The number of hydrogen-bond donors (Lipinski definition) is 1. The second-order valence-corrected chi connectivity index (χ2v) is 6.10. The third-order valence-corrected chi connectivity index (χ3v) is 4.49.